The summed E-state index contributed by atoms with van der Waals surface area (Å²) in [6, 6.07) is 3.79. The van der Waals surface area contributed by atoms with Crippen LogP contribution in [0.25, 0.3) is 11.3 Å². The number of rotatable bonds is 9. The largest absolute Gasteiger partial charge is 0.492 e. The first-order valence-corrected chi connectivity index (χ1v) is 13.8. The summed E-state index contributed by atoms with van der Waals surface area (Å²) in [6.07, 6.45) is 7.93. The Morgan fingerprint density at radius 3 is 2.33 bits per heavy atom. The summed E-state index contributed by atoms with van der Waals surface area (Å²) in [6.45, 7) is 15.7. The summed E-state index contributed by atoms with van der Waals surface area (Å²) < 4.78 is 5.87. The number of carboxylic acid groups (broad SMARTS) is 1. The lowest BCUT2D eigenvalue weighted by Crippen LogP contribution is -2.38. The Bertz CT molecular complexity index is 1180. The summed E-state index contributed by atoms with van der Waals surface area (Å²) >= 11 is 0. The number of aliphatic carboxylic acids is 1. The Balaban J connectivity index is 0.00000103. The van der Waals surface area contributed by atoms with E-state index in [2.05, 4.69) is 33.7 Å². The van der Waals surface area contributed by atoms with Crippen LogP contribution in [0.3, 0.4) is 0 Å². The molecular formula is C31H47N5O4. The van der Waals surface area contributed by atoms with Crippen LogP contribution in [0.2, 0.25) is 0 Å². The van der Waals surface area contributed by atoms with Crippen molar-refractivity contribution in [2.24, 2.45) is 16.1 Å². The molecule has 0 bridgehead atoms. The number of aromatic nitrogens is 2. The smallest absolute Gasteiger partial charge is 0.307 e. The molecule has 40 heavy (non-hydrogen) atoms. The number of nitrogens with zero attached hydrogens (tertiary/aromatic N) is 4. The van der Waals surface area contributed by atoms with Crippen molar-refractivity contribution in [3.63, 3.8) is 0 Å². The molecule has 1 aliphatic heterocycles. The van der Waals surface area contributed by atoms with Gasteiger partial charge in [-0.1, -0.05) is 13.8 Å². The summed E-state index contributed by atoms with van der Waals surface area (Å²) in [5.41, 5.74) is 11.4. The minimum absolute atomic E-state index is 0.0689. The van der Waals surface area contributed by atoms with Crippen molar-refractivity contribution in [3.8, 4) is 17.0 Å². The van der Waals surface area contributed by atoms with Crippen molar-refractivity contribution in [1.82, 2.24) is 9.97 Å². The van der Waals surface area contributed by atoms with Gasteiger partial charge in [-0.25, -0.2) is 0 Å². The highest BCUT2D eigenvalue weighted by molar-refractivity contribution is 5.83. The second-order valence-electron chi connectivity index (χ2n) is 12.1. The molecule has 0 saturated carbocycles. The van der Waals surface area contributed by atoms with Gasteiger partial charge >= 0.3 is 5.97 Å². The van der Waals surface area contributed by atoms with Gasteiger partial charge in [0.25, 0.3) is 0 Å². The molecule has 3 rings (SSSR count). The summed E-state index contributed by atoms with van der Waals surface area (Å²) in [4.78, 5) is 27.2. The van der Waals surface area contributed by atoms with E-state index in [0.29, 0.717) is 18.8 Å². The van der Waals surface area contributed by atoms with Gasteiger partial charge < -0.3 is 25.6 Å². The standard InChI is InChI=1S/C27H37N5O3.C4H10O/c1-18(28)20(15-29-5)8-13-35-21-6-7-24(31-16-21)23-17-30-19(2)22(14-25(33)34)26(23)32-11-9-27(3,4)10-12-32;1-4(2,3)5/h6-7,15-17H,8-14,28H2,1-5H3,(H,33,34);5H,1-3H3/b20-18-,29-15?;. The Morgan fingerprint density at radius 2 is 1.82 bits per heavy atom. The lowest BCUT2D eigenvalue weighted by Gasteiger charge is -2.40. The number of carboxylic acids is 1. The third-order valence-electron chi connectivity index (χ3n) is 6.57. The number of aliphatic imine (C=N–C) groups is 1. The van der Waals surface area contributed by atoms with E-state index in [0.717, 1.165) is 65.4 Å². The van der Waals surface area contributed by atoms with E-state index in [9.17, 15) is 9.90 Å². The Kier molecular flexibility index (Phi) is 11.7. The Morgan fingerprint density at radius 1 is 1.20 bits per heavy atom. The minimum Gasteiger partial charge on any atom is -0.492 e. The molecule has 9 nitrogen and oxygen atoms in total. The van der Waals surface area contributed by atoms with Gasteiger partial charge in [0.05, 0.1) is 36.2 Å². The third kappa shape index (κ3) is 10.6. The fourth-order valence-electron chi connectivity index (χ4n) is 4.30. The first kappa shape index (κ1) is 32.8. The van der Waals surface area contributed by atoms with Crippen molar-refractivity contribution in [2.45, 2.75) is 79.8 Å². The van der Waals surface area contributed by atoms with E-state index >= 15 is 0 Å². The number of ether oxygens (including phenoxy) is 1. The molecule has 1 fully saturated rings. The minimum atomic E-state index is -0.864. The summed E-state index contributed by atoms with van der Waals surface area (Å²) in [7, 11) is 1.72. The molecule has 0 aromatic carbocycles. The number of aryl methyl sites for hydroxylation is 1. The number of nitrogens with two attached hydrogens (primary N) is 1. The van der Waals surface area contributed by atoms with E-state index < -0.39 is 11.6 Å². The molecule has 0 radical (unpaired) electrons. The van der Waals surface area contributed by atoms with Gasteiger partial charge in [-0.15, -0.1) is 0 Å². The summed E-state index contributed by atoms with van der Waals surface area (Å²) in [5, 5.41) is 18.1. The topological polar surface area (TPSA) is 134 Å². The van der Waals surface area contributed by atoms with Crippen LogP contribution in [0.5, 0.6) is 5.75 Å². The van der Waals surface area contributed by atoms with Crippen molar-refractivity contribution < 1.29 is 19.7 Å². The van der Waals surface area contributed by atoms with E-state index in [4.69, 9.17) is 15.6 Å². The van der Waals surface area contributed by atoms with Crippen LogP contribution in [0.4, 0.5) is 5.69 Å². The number of pyridine rings is 2. The zero-order valence-electron chi connectivity index (χ0n) is 25.4. The van der Waals surface area contributed by atoms with Crippen LogP contribution in [0.1, 0.15) is 72.1 Å². The fraction of sp³-hybridized carbons (Fsp3) is 0.548. The fourth-order valence-corrected chi connectivity index (χ4v) is 4.30. The Labute approximate surface area is 239 Å². The quantitative estimate of drug-likeness (QED) is 0.362. The predicted molar refractivity (Wildman–Crippen MR) is 162 cm³/mol. The molecule has 1 saturated heterocycles. The van der Waals surface area contributed by atoms with Gasteiger partial charge in [-0.05, 0) is 70.6 Å². The van der Waals surface area contributed by atoms with Crippen LogP contribution in [0.15, 0.2) is 40.8 Å². The molecule has 0 unspecified atom stereocenters. The molecule has 2 aromatic heterocycles. The van der Waals surface area contributed by atoms with Gasteiger partial charge in [0, 0.05) is 61.5 Å². The van der Waals surface area contributed by atoms with E-state index in [1.54, 1.807) is 40.2 Å². The average Bonchev–Trinajstić information content (AvgIpc) is 2.84. The van der Waals surface area contributed by atoms with E-state index in [1.165, 1.54) is 0 Å². The molecule has 1 aliphatic rings. The van der Waals surface area contributed by atoms with Crippen molar-refractivity contribution >= 4 is 17.9 Å². The average molecular weight is 554 g/mol. The molecule has 4 N–H and O–H groups in total. The van der Waals surface area contributed by atoms with E-state index in [-0.39, 0.29) is 11.8 Å². The monoisotopic (exact) mass is 553 g/mol. The molecule has 2 aromatic rings. The molecule has 0 spiro atoms. The lowest BCUT2D eigenvalue weighted by atomic mass is 9.82. The predicted octanol–water partition coefficient (Wildman–Crippen LogP) is 5.18. The number of allylic oxidation sites excluding steroid dienone is 1. The second kappa shape index (κ2) is 14.3. The zero-order valence-corrected chi connectivity index (χ0v) is 25.4. The van der Waals surface area contributed by atoms with Crippen molar-refractivity contribution in [1.29, 1.82) is 0 Å². The molecular weight excluding hydrogens is 506 g/mol. The van der Waals surface area contributed by atoms with Crippen LogP contribution < -0.4 is 15.4 Å². The van der Waals surface area contributed by atoms with Gasteiger partial charge in [0.1, 0.15) is 5.75 Å². The van der Waals surface area contributed by atoms with Crippen LogP contribution in [0, 0.1) is 12.3 Å². The van der Waals surface area contributed by atoms with Gasteiger partial charge in [-0.3, -0.25) is 19.8 Å². The molecule has 220 valence electrons. The van der Waals surface area contributed by atoms with Crippen LogP contribution in [-0.2, 0) is 11.2 Å². The first-order chi connectivity index (χ1) is 18.6. The first-order valence-electron chi connectivity index (χ1n) is 13.8. The molecule has 0 aliphatic carbocycles. The molecule has 3 heterocycles. The maximum atomic E-state index is 11.7. The van der Waals surface area contributed by atoms with Gasteiger partial charge in [0.2, 0.25) is 0 Å². The SMILES string of the molecule is CC(C)(C)O.CN=C/C(CCOc1ccc(-c2cnc(C)c(CC(=O)O)c2N2CCC(C)(C)CC2)nc1)=C(/C)N. The molecule has 9 heteroatoms. The highest BCUT2D eigenvalue weighted by atomic mass is 16.5. The second-order valence-corrected chi connectivity index (χ2v) is 12.1. The normalized spacial score (nSPS) is 15.8. The number of hydrogen-bond donors (Lipinski definition) is 3. The highest BCUT2D eigenvalue weighted by Crippen LogP contribution is 2.39. The number of carbonyl (C=O) groups is 1. The Hall–Kier alpha value is -3.46. The molecule has 0 atom stereocenters. The number of anilines is 1. The molecule has 0 amide bonds. The lowest BCUT2D eigenvalue weighted by molar-refractivity contribution is -0.136. The third-order valence-corrected chi connectivity index (χ3v) is 6.57. The number of aliphatic hydroxyl groups is 1. The van der Waals surface area contributed by atoms with Crippen molar-refractivity contribution in [3.05, 3.63) is 47.1 Å². The maximum Gasteiger partial charge on any atom is 0.307 e. The van der Waals surface area contributed by atoms with Gasteiger partial charge in [0.15, 0.2) is 0 Å². The van der Waals surface area contributed by atoms with Gasteiger partial charge in [-0.2, -0.15) is 0 Å². The van der Waals surface area contributed by atoms with Crippen LogP contribution >= 0.6 is 0 Å². The van der Waals surface area contributed by atoms with Crippen molar-refractivity contribution in [2.75, 3.05) is 31.6 Å². The van der Waals surface area contributed by atoms with E-state index in [1.807, 2.05) is 32.2 Å². The number of piperidine rings is 1. The zero-order chi connectivity index (χ0) is 30.1. The highest BCUT2D eigenvalue weighted by Gasteiger charge is 2.29. The summed E-state index contributed by atoms with van der Waals surface area (Å²) in [5.74, 6) is -0.208. The number of hydrogen-bond acceptors (Lipinski definition) is 8. The maximum absolute atomic E-state index is 11.7. The van der Waals surface area contributed by atoms with Crippen LogP contribution in [-0.4, -0.2) is 64.7 Å².